The minimum absolute atomic E-state index is 0.00713. The summed E-state index contributed by atoms with van der Waals surface area (Å²) in [5.41, 5.74) is 2.68. The molecule has 0 spiro atoms. The van der Waals surface area contributed by atoms with Gasteiger partial charge in [-0.15, -0.1) is 0 Å². The number of aryl methyl sites for hydroxylation is 1. The Labute approximate surface area is 126 Å². The van der Waals surface area contributed by atoms with Crippen LogP contribution in [0.25, 0.3) is 21.8 Å². The quantitative estimate of drug-likeness (QED) is 0.439. The van der Waals surface area contributed by atoms with Crippen molar-refractivity contribution in [1.29, 1.82) is 0 Å². The molecular formula is C16H15N3O3. The summed E-state index contributed by atoms with van der Waals surface area (Å²) in [5, 5.41) is 24.7. The lowest BCUT2D eigenvalue weighted by Gasteiger charge is -2.11. The first-order chi connectivity index (χ1) is 10.6. The van der Waals surface area contributed by atoms with E-state index in [9.17, 15) is 10.1 Å². The number of aromatic nitrogens is 1. The first kappa shape index (κ1) is 14.2. The standard InChI is InChI=1S/C16H15N3O3/c1-10-8-14(17-6-7-20)16(19(21)22)12-9-11-4-2-3-5-13(11)18-15(10)12/h2-5,8-9,17,20H,6-7H2,1H3. The second-order valence-electron chi connectivity index (χ2n) is 5.07. The zero-order valence-corrected chi connectivity index (χ0v) is 12.0. The third-order valence-electron chi connectivity index (χ3n) is 3.58. The van der Waals surface area contributed by atoms with E-state index in [0.29, 0.717) is 16.6 Å². The second kappa shape index (κ2) is 5.57. The highest BCUT2D eigenvalue weighted by Crippen LogP contribution is 2.36. The van der Waals surface area contributed by atoms with E-state index >= 15 is 0 Å². The number of rotatable bonds is 4. The van der Waals surface area contributed by atoms with Gasteiger partial charge in [0.25, 0.3) is 0 Å². The van der Waals surface area contributed by atoms with Crippen LogP contribution in [0.2, 0.25) is 0 Å². The van der Waals surface area contributed by atoms with Gasteiger partial charge in [0.2, 0.25) is 0 Å². The molecule has 1 aromatic heterocycles. The van der Waals surface area contributed by atoms with Gasteiger partial charge in [0.1, 0.15) is 5.69 Å². The van der Waals surface area contributed by atoms with Crippen molar-refractivity contribution in [3.05, 3.63) is 52.1 Å². The monoisotopic (exact) mass is 297 g/mol. The fraction of sp³-hybridized carbons (Fsp3) is 0.188. The van der Waals surface area contributed by atoms with E-state index in [2.05, 4.69) is 10.3 Å². The van der Waals surface area contributed by atoms with Gasteiger partial charge in [-0.1, -0.05) is 18.2 Å². The summed E-state index contributed by atoms with van der Waals surface area (Å²) in [5.74, 6) is 0. The second-order valence-corrected chi connectivity index (χ2v) is 5.07. The molecule has 0 fully saturated rings. The maximum absolute atomic E-state index is 11.5. The van der Waals surface area contributed by atoms with Gasteiger partial charge in [0.15, 0.2) is 0 Å². The van der Waals surface area contributed by atoms with E-state index in [1.54, 1.807) is 12.1 Å². The minimum atomic E-state index is -0.405. The first-order valence-electron chi connectivity index (χ1n) is 6.94. The van der Waals surface area contributed by atoms with Crippen molar-refractivity contribution in [3.63, 3.8) is 0 Å². The van der Waals surface area contributed by atoms with E-state index in [0.717, 1.165) is 16.5 Å². The highest BCUT2D eigenvalue weighted by molar-refractivity contribution is 6.02. The predicted octanol–water partition coefficient (Wildman–Crippen LogP) is 3.01. The van der Waals surface area contributed by atoms with E-state index in [4.69, 9.17) is 5.11 Å². The molecule has 3 aromatic rings. The number of hydrogen-bond donors (Lipinski definition) is 2. The molecule has 0 amide bonds. The van der Waals surface area contributed by atoms with E-state index in [1.165, 1.54) is 0 Å². The summed E-state index contributed by atoms with van der Waals surface area (Å²) in [6, 6.07) is 11.0. The number of pyridine rings is 1. The highest BCUT2D eigenvalue weighted by Gasteiger charge is 2.21. The van der Waals surface area contributed by atoms with E-state index < -0.39 is 4.92 Å². The minimum Gasteiger partial charge on any atom is -0.395 e. The molecule has 0 atom stereocenters. The molecule has 0 aliphatic rings. The van der Waals surface area contributed by atoms with Gasteiger partial charge in [0.05, 0.1) is 27.9 Å². The number of fused-ring (bicyclic) bond motifs is 2. The molecule has 3 rings (SSSR count). The molecule has 2 N–H and O–H groups in total. The number of para-hydroxylation sites is 1. The molecule has 6 heteroatoms. The van der Waals surface area contributed by atoms with Crippen molar-refractivity contribution in [1.82, 2.24) is 4.98 Å². The Bertz CT molecular complexity index is 877. The summed E-state index contributed by atoms with van der Waals surface area (Å²) >= 11 is 0. The van der Waals surface area contributed by atoms with Gasteiger partial charge in [-0.3, -0.25) is 10.1 Å². The fourth-order valence-corrected chi connectivity index (χ4v) is 2.62. The highest BCUT2D eigenvalue weighted by atomic mass is 16.6. The molecule has 1 heterocycles. The van der Waals surface area contributed by atoms with Crippen LogP contribution in [0.15, 0.2) is 36.4 Å². The van der Waals surface area contributed by atoms with Gasteiger partial charge in [-0.2, -0.15) is 0 Å². The Morgan fingerprint density at radius 1 is 1.32 bits per heavy atom. The van der Waals surface area contributed by atoms with Crippen LogP contribution in [0.4, 0.5) is 11.4 Å². The van der Waals surface area contributed by atoms with Gasteiger partial charge in [0, 0.05) is 11.9 Å². The fourth-order valence-electron chi connectivity index (χ4n) is 2.62. The molecule has 2 aromatic carbocycles. The number of aliphatic hydroxyl groups is 1. The van der Waals surface area contributed by atoms with Crippen molar-refractivity contribution in [2.24, 2.45) is 0 Å². The van der Waals surface area contributed by atoms with Crippen LogP contribution in [0, 0.1) is 17.0 Å². The normalized spacial score (nSPS) is 11.0. The Morgan fingerprint density at radius 3 is 2.82 bits per heavy atom. The third kappa shape index (κ3) is 2.33. The van der Waals surface area contributed by atoms with Crippen LogP contribution >= 0.6 is 0 Å². The number of hydrogen-bond acceptors (Lipinski definition) is 5. The molecule has 0 aliphatic carbocycles. The Balaban J connectivity index is 2.37. The zero-order valence-electron chi connectivity index (χ0n) is 12.0. The van der Waals surface area contributed by atoms with Crippen LogP contribution in [-0.2, 0) is 0 Å². The first-order valence-corrected chi connectivity index (χ1v) is 6.94. The van der Waals surface area contributed by atoms with Crippen LogP contribution in [0.3, 0.4) is 0 Å². The SMILES string of the molecule is Cc1cc(NCCO)c([N+](=O)[O-])c2cc3ccccc3nc12. The molecular weight excluding hydrogens is 282 g/mol. The molecule has 0 bridgehead atoms. The number of nitrogens with one attached hydrogen (secondary N) is 1. The van der Waals surface area contributed by atoms with Crippen molar-refractivity contribution in [2.75, 3.05) is 18.5 Å². The number of benzene rings is 2. The summed E-state index contributed by atoms with van der Waals surface area (Å²) in [4.78, 5) is 15.7. The number of nitro groups is 1. The van der Waals surface area contributed by atoms with E-state index in [1.807, 2.05) is 31.2 Å². The smallest absolute Gasteiger partial charge is 0.301 e. The molecule has 0 unspecified atom stereocenters. The average molecular weight is 297 g/mol. The van der Waals surface area contributed by atoms with Crippen molar-refractivity contribution < 1.29 is 10.0 Å². The third-order valence-corrected chi connectivity index (χ3v) is 3.58. The number of aliphatic hydroxyl groups excluding tert-OH is 1. The molecule has 0 aliphatic heterocycles. The summed E-state index contributed by atoms with van der Waals surface area (Å²) in [6.45, 7) is 2.04. The van der Waals surface area contributed by atoms with Crippen molar-refractivity contribution in [3.8, 4) is 0 Å². The average Bonchev–Trinajstić information content (AvgIpc) is 2.51. The Morgan fingerprint density at radius 2 is 2.09 bits per heavy atom. The lowest BCUT2D eigenvalue weighted by atomic mass is 10.0. The van der Waals surface area contributed by atoms with Crippen LogP contribution in [-0.4, -0.2) is 28.2 Å². The molecule has 22 heavy (non-hydrogen) atoms. The molecule has 0 radical (unpaired) electrons. The lowest BCUT2D eigenvalue weighted by Crippen LogP contribution is -2.08. The van der Waals surface area contributed by atoms with Gasteiger partial charge >= 0.3 is 5.69 Å². The van der Waals surface area contributed by atoms with Gasteiger partial charge < -0.3 is 10.4 Å². The number of anilines is 1. The molecule has 6 nitrogen and oxygen atoms in total. The molecule has 0 saturated heterocycles. The van der Waals surface area contributed by atoms with Crippen LogP contribution < -0.4 is 5.32 Å². The molecule has 112 valence electrons. The Hall–Kier alpha value is -2.73. The maximum Gasteiger partial charge on any atom is 0.301 e. The zero-order chi connectivity index (χ0) is 15.7. The number of nitro benzene ring substituents is 1. The summed E-state index contributed by atoms with van der Waals surface area (Å²) < 4.78 is 0. The van der Waals surface area contributed by atoms with Gasteiger partial charge in [-0.25, -0.2) is 4.98 Å². The lowest BCUT2D eigenvalue weighted by molar-refractivity contribution is -0.382. The largest absolute Gasteiger partial charge is 0.395 e. The Kier molecular flexibility index (Phi) is 3.60. The molecule has 0 saturated carbocycles. The van der Waals surface area contributed by atoms with Crippen molar-refractivity contribution >= 4 is 33.2 Å². The van der Waals surface area contributed by atoms with Crippen LogP contribution in [0.5, 0.6) is 0 Å². The van der Waals surface area contributed by atoms with Crippen LogP contribution in [0.1, 0.15) is 5.56 Å². The predicted molar refractivity (Wildman–Crippen MR) is 86.2 cm³/mol. The van der Waals surface area contributed by atoms with E-state index in [-0.39, 0.29) is 18.8 Å². The summed E-state index contributed by atoms with van der Waals surface area (Å²) in [6.07, 6.45) is 0. The maximum atomic E-state index is 11.5. The topological polar surface area (TPSA) is 88.3 Å². The summed E-state index contributed by atoms with van der Waals surface area (Å²) in [7, 11) is 0. The van der Waals surface area contributed by atoms with Crippen molar-refractivity contribution in [2.45, 2.75) is 6.92 Å². The number of nitrogens with zero attached hydrogens (tertiary/aromatic N) is 2. The van der Waals surface area contributed by atoms with Gasteiger partial charge in [-0.05, 0) is 30.7 Å².